The summed E-state index contributed by atoms with van der Waals surface area (Å²) in [6.45, 7) is 1.20. The number of alkyl halides is 1. The fraction of sp³-hybridized carbons (Fsp3) is 0.500. The van der Waals surface area contributed by atoms with E-state index in [2.05, 4.69) is 0 Å². The minimum Gasteiger partial charge on any atom is -0.319 e. The molecule has 1 heterocycles. The van der Waals surface area contributed by atoms with Crippen LogP contribution in [0.1, 0.15) is 12.0 Å². The molecule has 0 unspecified atom stereocenters. The van der Waals surface area contributed by atoms with Gasteiger partial charge >= 0.3 is 5.37 Å². The first-order valence-corrected chi connectivity index (χ1v) is 6.88. The van der Waals surface area contributed by atoms with Crippen molar-refractivity contribution in [3.8, 4) is 0 Å². The Morgan fingerprint density at radius 1 is 1.45 bits per heavy atom. The van der Waals surface area contributed by atoms with Crippen LogP contribution in [0.25, 0.3) is 0 Å². The van der Waals surface area contributed by atoms with Crippen LogP contribution >= 0.6 is 11.6 Å². The predicted molar refractivity (Wildman–Crippen MR) is 74.0 cm³/mol. The normalized spacial score (nSPS) is 23.6. The Hall–Kier alpha value is -1.20. The quantitative estimate of drug-likeness (QED) is 0.633. The summed E-state index contributed by atoms with van der Waals surface area (Å²) in [5.74, 6) is -0.347. The predicted octanol–water partition coefficient (Wildman–Crippen LogP) is 3.03. The minimum atomic E-state index is -1.13. The minimum absolute atomic E-state index is 0.192. The summed E-state index contributed by atoms with van der Waals surface area (Å²) in [6.07, 6.45) is -0.589. The highest BCUT2D eigenvalue weighted by Crippen LogP contribution is 2.22. The van der Waals surface area contributed by atoms with Crippen molar-refractivity contribution in [2.75, 3.05) is 20.1 Å². The number of carbonyl (C=O) groups is 1. The summed E-state index contributed by atoms with van der Waals surface area (Å²) >= 11 is 5.59. The second-order valence-corrected chi connectivity index (χ2v) is 5.46. The van der Waals surface area contributed by atoms with Crippen LogP contribution in [0.3, 0.4) is 0 Å². The lowest BCUT2D eigenvalue weighted by molar-refractivity contribution is 0.0642. The van der Waals surface area contributed by atoms with Crippen molar-refractivity contribution in [3.63, 3.8) is 0 Å². The molecule has 6 heteroatoms. The van der Waals surface area contributed by atoms with Gasteiger partial charge in [0.1, 0.15) is 12.0 Å². The number of amides is 1. The molecule has 1 aromatic carbocycles. The van der Waals surface area contributed by atoms with E-state index in [1.165, 1.54) is 17.0 Å². The van der Waals surface area contributed by atoms with E-state index >= 15 is 0 Å². The molecular weight excluding hydrogens is 286 g/mol. The smallest absolute Gasteiger partial charge is 0.317 e. The average molecular weight is 303 g/mol. The van der Waals surface area contributed by atoms with Crippen LogP contribution in [-0.2, 0) is 6.54 Å². The Kier molecular flexibility index (Phi) is 4.94. The van der Waals surface area contributed by atoms with Gasteiger partial charge in [-0.25, -0.2) is 8.78 Å². The van der Waals surface area contributed by atoms with Crippen molar-refractivity contribution in [1.82, 2.24) is 9.80 Å². The van der Waals surface area contributed by atoms with E-state index in [9.17, 15) is 13.6 Å². The van der Waals surface area contributed by atoms with Crippen LogP contribution in [0.4, 0.5) is 13.6 Å². The third-order valence-corrected chi connectivity index (χ3v) is 3.82. The van der Waals surface area contributed by atoms with Gasteiger partial charge in [0.15, 0.2) is 0 Å². The standard InChI is InChI=1S/C14H17ClF2N2O/c1-18-7-6-13(12(17)9-18)19(14(15)20)8-10-2-4-11(16)5-3-10/h2-5,12-13H,6-9H2,1H3/t12-,13+/m0/s1. The van der Waals surface area contributed by atoms with Gasteiger partial charge in [-0.1, -0.05) is 12.1 Å². The average Bonchev–Trinajstić information content (AvgIpc) is 2.39. The highest BCUT2D eigenvalue weighted by Gasteiger charge is 2.34. The van der Waals surface area contributed by atoms with E-state index in [4.69, 9.17) is 11.6 Å². The number of carbonyl (C=O) groups excluding carboxylic acids is 1. The SMILES string of the molecule is CN1CC[C@@H](N(Cc2ccc(F)cc2)C(=O)Cl)[C@@H](F)C1. The van der Waals surface area contributed by atoms with Gasteiger partial charge in [0.25, 0.3) is 0 Å². The van der Waals surface area contributed by atoms with Crippen LogP contribution in [0, 0.1) is 5.82 Å². The molecule has 20 heavy (non-hydrogen) atoms. The number of halogens is 3. The van der Waals surface area contributed by atoms with Crippen molar-refractivity contribution in [2.45, 2.75) is 25.2 Å². The molecule has 2 rings (SSSR count). The first-order chi connectivity index (χ1) is 9.47. The van der Waals surface area contributed by atoms with Crippen molar-refractivity contribution in [2.24, 2.45) is 0 Å². The van der Waals surface area contributed by atoms with E-state index in [0.717, 1.165) is 12.1 Å². The molecule has 0 spiro atoms. The van der Waals surface area contributed by atoms with Crippen molar-refractivity contribution < 1.29 is 13.6 Å². The van der Waals surface area contributed by atoms with E-state index < -0.39 is 17.6 Å². The third kappa shape index (κ3) is 3.67. The van der Waals surface area contributed by atoms with Gasteiger partial charge < -0.3 is 9.80 Å². The van der Waals surface area contributed by atoms with Crippen LogP contribution in [0.2, 0.25) is 0 Å². The zero-order valence-electron chi connectivity index (χ0n) is 11.2. The first-order valence-electron chi connectivity index (χ1n) is 6.50. The van der Waals surface area contributed by atoms with Crippen LogP contribution in [0.15, 0.2) is 24.3 Å². The molecule has 1 fully saturated rings. The maximum atomic E-state index is 14.1. The van der Waals surface area contributed by atoms with Crippen LogP contribution in [0.5, 0.6) is 0 Å². The Balaban J connectivity index is 2.11. The summed E-state index contributed by atoms with van der Waals surface area (Å²) in [5, 5.41) is -0.675. The van der Waals surface area contributed by atoms with Gasteiger partial charge in [0.05, 0.1) is 6.04 Å². The number of hydrogen-bond acceptors (Lipinski definition) is 2. The van der Waals surface area contributed by atoms with Crippen molar-refractivity contribution >= 4 is 17.0 Å². The molecule has 0 radical (unpaired) electrons. The van der Waals surface area contributed by atoms with E-state index in [0.29, 0.717) is 6.42 Å². The Labute approximate surface area is 122 Å². The van der Waals surface area contributed by atoms with Gasteiger partial charge in [-0.15, -0.1) is 0 Å². The number of likely N-dealkylation sites (tertiary alicyclic amines) is 1. The number of benzene rings is 1. The van der Waals surface area contributed by atoms with E-state index in [1.807, 2.05) is 11.9 Å². The number of nitrogens with zero attached hydrogens (tertiary/aromatic N) is 2. The van der Waals surface area contributed by atoms with Gasteiger partial charge in [-0.05, 0) is 42.8 Å². The van der Waals surface area contributed by atoms with Crippen LogP contribution < -0.4 is 0 Å². The number of rotatable bonds is 3. The molecule has 1 aromatic rings. The summed E-state index contributed by atoms with van der Waals surface area (Å²) in [5.41, 5.74) is 0.728. The summed E-state index contributed by atoms with van der Waals surface area (Å²) in [4.78, 5) is 14.8. The Bertz CT molecular complexity index is 469. The fourth-order valence-electron chi connectivity index (χ4n) is 2.49. The second-order valence-electron chi connectivity index (χ2n) is 5.14. The van der Waals surface area contributed by atoms with E-state index in [-0.39, 0.29) is 18.9 Å². The monoisotopic (exact) mass is 302 g/mol. The highest BCUT2D eigenvalue weighted by molar-refractivity contribution is 6.62. The lowest BCUT2D eigenvalue weighted by Crippen LogP contribution is -2.52. The molecule has 0 N–H and O–H groups in total. The van der Waals surface area contributed by atoms with Crippen molar-refractivity contribution in [1.29, 1.82) is 0 Å². The Morgan fingerprint density at radius 2 is 2.10 bits per heavy atom. The molecule has 1 aliphatic rings. The maximum absolute atomic E-state index is 14.1. The fourth-order valence-corrected chi connectivity index (χ4v) is 2.68. The second kappa shape index (κ2) is 6.50. The van der Waals surface area contributed by atoms with Gasteiger partial charge in [-0.2, -0.15) is 0 Å². The first kappa shape index (κ1) is 15.2. The Morgan fingerprint density at radius 3 is 2.65 bits per heavy atom. The summed E-state index contributed by atoms with van der Waals surface area (Å²) < 4.78 is 27.0. The molecule has 3 nitrogen and oxygen atoms in total. The molecule has 0 aliphatic carbocycles. The van der Waals surface area contributed by atoms with Gasteiger partial charge in [0, 0.05) is 19.6 Å². The lowest BCUT2D eigenvalue weighted by Gasteiger charge is -2.38. The van der Waals surface area contributed by atoms with Crippen LogP contribution in [-0.4, -0.2) is 47.5 Å². The van der Waals surface area contributed by atoms with Crippen molar-refractivity contribution in [3.05, 3.63) is 35.6 Å². The largest absolute Gasteiger partial charge is 0.319 e. The summed E-state index contributed by atoms with van der Waals surface area (Å²) in [6, 6.07) is 5.25. The maximum Gasteiger partial charge on any atom is 0.317 e. The third-order valence-electron chi connectivity index (χ3n) is 3.60. The molecule has 1 aliphatic heterocycles. The molecule has 1 amide bonds. The zero-order valence-corrected chi connectivity index (χ0v) is 12.0. The molecule has 0 bridgehead atoms. The molecule has 1 saturated heterocycles. The summed E-state index contributed by atoms with van der Waals surface area (Å²) in [7, 11) is 1.84. The van der Waals surface area contributed by atoms with E-state index in [1.54, 1.807) is 12.1 Å². The topological polar surface area (TPSA) is 23.6 Å². The zero-order chi connectivity index (χ0) is 14.7. The number of piperidine rings is 1. The van der Waals surface area contributed by atoms with Gasteiger partial charge in [0.2, 0.25) is 0 Å². The molecular formula is C14H17ClF2N2O. The molecule has 0 aromatic heterocycles. The number of hydrogen-bond donors (Lipinski definition) is 0. The van der Waals surface area contributed by atoms with Gasteiger partial charge in [-0.3, -0.25) is 4.79 Å². The molecule has 2 atom stereocenters. The molecule has 110 valence electrons. The lowest BCUT2D eigenvalue weighted by atomic mass is 10.0. The molecule has 0 saturated carbocycles. The highest BCUT2D eigenvalue weighted by atomic mass is 35.5.